The van der Waals surface area contributed by atoms with E-state index in [1.54, 1.807) is 13.0 Å². The average Bonchev–Trinajstić information content (AvgIpc) is 2.37. The lowest BCUT2D eigenvalue weighted by molar-refractivity contribution is -0.146. The second-order valence-corrected chi connectivity index (χ2v) is 6.22. The molecule has 2 N–H and O–H groups in total. The van der Waals surface area contributed by atoms with Gasteiger partial charge in [0.15, 0.2) is 0 Å². The molecule has 1 atom stereocenters. The number of hydrogen-bond acceptors (Lipinski definition) is 2. The number of carbonyl (C=O) groups is 2. The predicted molar refractivity (Wildman–Crippen MR) is 82.0 cm³/mol. The van der Waals surface area contributed by atoms with Crippen molar-refractivity contribution in [2.45, 2.75) is 19.8 Å². The Morgan fingerprint density at radius 1 is 1.33 bits per heavy atom. The zero-order chi connectivity index (χ0) is 15.6. The van der Waals surface area contributed by atoms with Crippen LogP contribution in [-0.4, -0.2) is 22.2 Å². The van der Waals surface area contributed by atoms with E-state index in [-0.39, 0.29) is 18.4 Å². The predicted octanol–water partition coefficient (Wildman–Crippen LogP) is 3.42. The standard InChI is InChI=1S/C16H15BrO4/c1-10-5-12(14(18)19)9-16(7-10,15(20)21)8-11-3-2-4-13(17)6-11/h2-7H,8-9H2,1H3,(H,18,19)(H,20,21). The Morgan fingerprint density at radius 3 is 2.62 bits per heavy atom. The van der Waals surface area contributed by atoms with E-state index in [1.165, 1.54) is 6.08 Å². The average molecular weight is 351 g/mol. The molecule has 1 aliphatic carbocycles. The molecule has 0 aromatic heterocycles. The molecule has 5 heteroatoms. The molecule has 0 radical (unpaired) electrons. The zero-order valence-corrected chi connectivity index (χ0v) is 13.1. The van der Waals surface area contributed by atoms with E-state index in [0.29, 0.717) is 5.57 Å². The number of carboxylic acids is 2. The van der Waals surface area contributed by atoms with Crippen molar-refractivity contribution in [3.8, 4) is 0 Å². The van der Waals surface area contributed by atoms with Crippen molar-refractivity contribution in [1.82, 2.24) is 0 Å². The van der Waals surface area contributed by atoms with Crippen LogP contribution in [0.5, 0.6) is 0 Å². The van der Waals surface area contributed by atoms with E-state index >= 15 is 0 Å². The van der Waals surface area contributed by atoms with Crippen molar-refractivity contribution in [3.05, 3.63) is 57.6 Å². The fourth-order valence-electron chi connectivity index (χ4n) is 2.67. The summed E-state index contributed by atoms with van der Waals surface area (Å²) < 4.78 is 0.867. The number of rotatable bonds is 4. The molecule has 0 fully saturated rings. The minimum absolute atomic E-state index is 0.0124. The number of allylic oxidation sites excluding steroid dienone is 2. The highest BCUT2D eigenvalue weighted by atomic mass is 79.9. The van der Waals surface area contributed by atoms with E-state index in [1.807, 2.05) is 24.3 Å². The number of halogens is 1. The summed E-state index contributed by atoms with van der Waals surface area (Å²) in [7, 11) is 0. The van der Waals surface area contributed by atoms with Gasteiger partial charge in [0.05, 0.1) is 5.41 Å². The maximum Gasteiger partial charge on any atom is 0.331 e. The lowest BCUT2D eigenvalue weighted by Gasteiger charge is -2.30. The highest BCUT2D eigenvalue weighted by Gasteiger charge is 2.40. The Morgan fingerprint density at radius 2 is 2.05 bits per heavy atom. The van der Waals surface area contributed by atoms with Gasteiger partial charge in [-0.05, 0) is 43.5 Å². The summed E-state index contributed by atoms with van der Waals surface area (Å²) in [5.41, 5.74) is 0.429. The van der Waals surface area contributed by atoms with Gasteiger partial charge in [-0.15, -0.1) is 0 Å². The van der Waals surface area contributed by atoms with Crippen molar-refractivity contribution >= 4 is 27.9 Å². The molecule has 0 bridgehead atoms. The Labute approximate surface area is 130 Å². The molecule has 1 aromatic carbocycles. The van der Waals surface area contributed by atoms with E-state index in [4.69, 9.17) is 0 Å². The summed E-state index contributed by atoms with van der Waals surface area (Å²) in [6, 6.07) is 7.40. The van der Waals surface area contributed by atoms with E-state index < -0.39 is 17.4 Å². The van der Waals surface area contributed by atoms with Crippen molar-refractivity contribution in [1.29, 1.82) is 0 Å². The van der Waals surface area contributed by atoms with E-state index in [0.717, 1.165) is 10.0 Å². The molecule has 1 aromatic rings. The molecule has 0 saturated heterocycles. The molecule has 110 valence electrons. The maximum absolute atomic E-state index is 11.8. The first-order valence-corrected chi connectivity index (χ1v) is 7.23. The smallest absolute Gasteiger partial charge is 0.331 e. The minimum atomic E-state index is -1.21. The highest BCUT2D eigenvalue weighted by molar-refractivity contribution is 9.10. The van der Waals surface area contributed by atoms with Gasteiger partial charge in [0.25, 0.3) is 0 Å². The van der Waals surface area contributed by atoms with Crippen molar-refractivity contribution in [3.63, 3.8) is 0 Å². The topological polar surface area (TPSA) is 74.6 Å². The van der Waals surface area contributed by atoms with Crippen molar-refractivity contribution in [2.75, 3.05) is 0 Å². The summed E-state index contributed by atoms with van der Waals surface area (Å²) in [6.07, 6.45) is 3.43. The normalized spacial score (nSPS) is 21.4. The molecule has 0 amide bonds. The Balaban J connectivity index is 2.41. The Kier molecular flexibility index (Phi) is 4.32. The van der Waals surface area contributed by atoms with Crippen LogP contribution in [0.3, 0.4) is 0 Å². The largest absolute Gasteiger partial charge is 0.481 e. The monoisotopic (exact) mass is 350 g/mol. The number of hydrogen-bond donors (Lipinski definition) is 2. The molecule has 4 nitrogen and oxygen atoms in total. The molecule has 0 saturated carbocycles. The molecule has 0 heterocycles. The highest BCUT2D eigenvalue weighted by Crippen LogP contribution is 2.38. The van der Waals surface area contributed by atoms with Crippen LogP contribution in [0.4, 0.5) is 0 Å². The van der Waals surface area contributed by atoms with Crippen LogP contribution in [0.2, 0.25) is 0 Å². The molecule has 0 spiro atoms. The van der Waals surface area contributed by atoms with Gasteiger partial charge in [-0.2, -0.15) is 0 Å². The summed E-state index contributed by atoms with van der Waals surface area (Å²) in [6.45, 7) is 1.72. The first-order valence-electron chi connectivity index (χ1n) is 6.43. The summed E-state index contributed by atoms with van der Waals surface area (Å²) in [5.74, 6) is -2.07. The van der Waals surface area contributed by atoms with Crippen LogP contribution >= 0.6 is 15.9 Å². The van der Waals surface area contributed by atoms with Crippen molar-refractivity contribution < 1.29 is 19.8 Å². The van der Waals surface area contributed by atoms with Crippen LogP contribution in [0.15, 0.2) is 52.0 Å². The molecule has 2 rings (SSSR count). The zero-order valence-electron chi connectivity index (χ0n) is 11.5. The number of carboxylic acid groups (broad SMARTS) is 2. The lowest BCUT2D eigenvalue weighted by Crippen LogP contribution is -2.35. The van der Waals surface area contributed by atoms with Gasteiger partial charge in [0, 0.05) is 10.0 Å². The fourth-order valence-corrected chi connectivity index (χ4v) is 3.12. The Bertz CT molecular complexity index is 660. The second kappa shape index (κ2) is 5.85. The van der Waals surface area contributed by atoms with E-state index in [2.05, 4.69) is 15.9 Å². The van der Waals surface area contributed by atoms with Crippen molar-refractivity contribution in [2.24, 2.45) is 5.41 Å². The quantitative estimate of drug-likeness (QED) is 0.872. The fraction of sp³-hybridized carbons (Fsp3) is 0.250. The Hall–Kier alpha value is -1.88. The third-order valence-electron chi connectivity index (χ3n) is 3.52. The van der Waals surface area contributed by atoms with Crippen LogP contribution in [0.1, 0.15) is 18.9 Å². The van der Waals surface area contributed by atoms with Crippen LogP contribution in [0, 0.1) is 5.41 Å². The van der Waals surface area contributed by atoms with Gasteiger partial charge >= 0.3 is 11.9 Å². The van der Waals surface area contributed by atoms with Gasteiger partial charge in [-0.25, -0.2) is 4.79 Å². The van der Waals surface area contributed by atoms with Crippen LogP contribution in [0.25, 0.3) is 0 Å². The summed E-state index contributed by atoms with van der Waals surface area (Å²) >= 11 is 3.36. The molecule has 21 heavy (non-hydrogen) atoms. The molecular weight excluding hydrogens is 336 g/mol. The molecule has 1 aliphatic rings. The van der Waals surface area contributed by atoms with Gasteiger partial charge < -0.3 is 10.2 Å². The lowest BCUT2D eigenvalue weighted by atomic mass is 9.72. The number of aliphatic carboxylic acids is 2. The third kappa shape index (κ3) is 3.42. The first-order chi connectivity index (χ1) is 9.82. The van der Waals surface area contributed by atoms with Crippen LogP contribution < -0.4 is 0 Å². The van der Waals surface area contributed by atoms with E-state index in [9.17, 15) is 19.8 Å². The van der Waals surface area contributed by atoms with Gasteiger partial charge in [0.2, 0.25) is 0 Å². The van der Waals surface area contributed by atoms with Gasteiger partial charge in [0.1, 0.15) is 0 Å². The number of benzene rings is 1. The first kappa shape index (κ1) is 15.5. The SMILES string of the molecule is CC1=CC(Cc2cccc(Br)c2)(C(=O)O)CC(C(=O)O)=C1. The second-order valence-electron chi connectivity index (χ2n) is 5.31. The van der Waals surface area contributed by atoms with Gasteiger partial charge in [-0.1, -0.05) is 39.7 Å². The molecule has 0 aliphatic heterocycles. The minimum Gasteiger partial charge on any atom is -0.481 e. The third-order valence-corrected chi connectivity index (χ3v) is 4.01. The maximum atomic E-state index is 11.8. The molecular formula is C16H15BrO4. The van der Waals surface area contributed by atoms with Crippen LogP contribution in [-0.2, 0) is 16.0 Å². The summed E-state index contributed by atoms with van der Waals surface area (Å²) in [4.78, 5) is 23.0. The molecule has 1 unspecified atom stereocenters. The van der Waals surface area contributed by atoms with Gasteiger partial charge in [-0.3, -0.25) is 4.79 Å². The summed E-state index contributed by atoms with van der Waals surface area (Å²) in [5, 5.41) is 18.8.